The SMILES string of the molecule is CCOCCn1c(=O)c(CN2CCN(C)C(COC)C2)cc2ccc(Oc3ccccc3)cc21. The first-order chi connectivity index (χ1) is 16.6. The number of hydrogen-bond acceptors (Lipinski definition) is 6. The molecular weight excluding hydrogens is 430 g/mol. The molecule has 0 radical (unpaired) electrons. The number of piperazine rings is 1. The summed E-state index contributed by atoms with van der Waals surface area (Å²) in [5, 5.41) is 1.02. The van der Waals surface area contributed by atoms with Crippen LogP contribution in [0.3, 0.4) is 0 Å². The number of ether oxygens (including phenoxy) is 3. The average Bonchev–Trinajstić information content (AvgIpc) is 2.84. The van der Waals surface area contributed by atoms with Gasteiger partial charge < -0.3 is 18.8 Å². The number of likely N-dealkylation sites (N-methyl/N-ethyl adjacent to an activating group) is 1. The van der Waals surface area contributed by atoms with E-state index in [0.717, 1.165) is 41.9 Å². The topological polar surface area (TPSA) is 56.2 Å². The van der Waals surface area contributed by atoms with Crippen LogP contribution in [-0.4, -0.2) is 74.0 Å². The molecule has 0 saturated carbocycles. The minimum atomic E-state index is 0.0336. The van der Waals surface area contributed by atoms with Gasteiger partial charge in [-0.2, -0.15) is 0 Å². The lowest BCUT2D eigenvalue weighted by molar-refractivity contribution is 0.0372. The average molecular weight is 466 g/mol. The van der Waals surface area contributed by atoms with E-state index in [1.54, 1.807) is 7.11 Å². The normalized spacial score (nSPS) is 17.3. The van der Waals surface area contributed by atoms with E-state index in [-0.39, 0.29) is 5.56 Å². The van der Waals surface area contributed by atoms with Crippen LogP contribution in [0, 0.1) is 0 Å². The molecule has 0 spiro atoms. The lowest BCUT2D eigenvalue weighted by atomic mass is 10.1. The van der Waals surface area contributed by atoms with Crippen molar-refractivity contribution in [2.45, 2.75) is 26.1 Å². The Balaban J connectivity index is 1.64. The van der Waals surface area contributed by atoms with Gasteiger partial charge in [0.15, 0.2) is 0 Å². The minimum Gasteiger partial charge on any atom is -0.457 e. The number of pyridine rings is 1. The molecule has 2 aromatic carbocycles. The highest BCUT2D eigenvalue weighted by atomic mass is 16.5. The van der Waals surface area contributed by atoms with E-state index in [4.69, 9.17) is 14.2 Å². The van der Waals surface area contributed by atoms with Crippen LogP contribution >= 0.6 is 0 Å². The van der Waals surface area contributed by atoms with Gasteiger partial charge in [-0.05, 0) is 49.7 Å². The summed E-state index contributed by atoms with van der Waals surface area (Å²) in [6, 6.07) is 18.0. The summed E-state index contributed by atoms with van der Waals surface area (Å²) in [5.74, 6) is 1.47. The first-order valence-corrected chi connectivity index (χ1v) is 12.0. The second-order valence-corrected chi connectivity index (χ2v) is 8.78. The lowest BCUT2D eigenvalue weighted by Crippen LogP contribution is -2.53. The predicted molar refractivity (Wildman–Crippen MR) is 135 cm³/mol. The van der Waals surface area contributed by atoms with Gasteiger partial charge in [-0.25, -0.2) is 0 Å². The maximum absolute atomic E-state index is 13.6. The number of fused-ring (bicyclic) bond motifs is 1. The Morgan fingerprint density at radius 3 is 2.62 bits per heavy atom. The maximum atomic E-state index is 13.6. The van der Waals surface area contributed by atoms with Crippen molar-refractivity contribution >= 4 is 10.9 Å². The van der Waals surface area contributed by atoms with Crippen molar-refractivity contribution in [3.05, 3.63) is 70.5 Å². The summed E-state index contributed by atoms with van der Waals surface area (Å²) in [6.07, 6.45) is 0. The first kappa shape index (κ1) is 24.4. The Hall–Kier alpha value is -2.71. The molecular formula is C27H35N3O4. The lowest BCUT2D eigenvalue weighted by Gasteiger charge is -2.39. The van der Waals surface area contributed by atoms with Gasteiger partial charge >= 0.3 is 0 Å². The van der Waals surface area contributed by atoms with E-state index >= 15 is 0 Å². The largest absolute Gasteiger partial charge is 0.457 e. The quantitative estimate of drug-likeness (QED) is 0.427. The van der Waals surface area contributed by atoms with Gasteiger partial charge in [-0.3, -0.25) is 14.6 Å². The number of rotatable bonds is 10. The third-order valence-electron chi connectivity index (χ3n) is 6.40. The third-order valence-corrected chi connectivity index (χ3v) is 6.40. The Kier molecular flexibility index (Phi) is 8.34. The summed E-state index contributed by atoms with van der Waals surface area (Å²) in [4.78, 5) is 18.3. The van der Waals surface area contributed by atoms with E-state index in [2.05, 4.69) is 16.8 Å². The fraction of sp³-hybridized carbons (Fsp3) is 0.444. The van der Waals surface area contributed by atoms with E-state index in [1.807, 2.05) is 66.1 Å². The van der Waals surface area contributed by atoms with Gasteiger partial charge in [-0.15, -0.1) is 0 Å². The molecule has 7 nitrogen and oxygen atoms in total. The van der Waals surface area contributed by atoms with Gasteiger partial charge in [0, 0.05) is 64.1 Å². The Labute approximate surface area is 201 Å². The number of hydrogen-bond donors (Lipinski definition) is 0. The van der Waals surface area contributed by atoms with Gasteiger partial charge in [-0.1, -0.05) is 18.2 Å². The van der Waals surface area contributed by atoms with Crippen LogP contribution < -0.4 is 10.3 Å². The van der Waals surface area contributed by atoms with Crippen LogP contribution in [0.4, 0.5) is 0 Å². The molecule has 1 atom stereocenters. The number of methoxy groups -OCH3 is 1. The molecule has 34 heavy (non-hydrogen) atoms. The number of para-hydroxylation sites is 1. The second kappa shape index (κ2) is 11.6. The molecule has 2 heterocycles. The van der Waals surface area contributed by atoms with Crippen molar-refractivity contribution in [1.82, 2.24) is 14.4 Å². The van der Waals surface area contributed by atoms with Crippen molar-refractivity contribution in [2.75, 3.05) is 53.6 Å². The minimum absolute atomic E-state index is 0.0336. The fourth-order valence-corrected chi connectivity index (χ4v) is 4.50. The predicted octanol–water partition coefficient (Wildman–Crippen LogP) is 3.59. The van der Waals surface area contributed by atoms with Gasteiger partial charge in [0.2, 0.25) is 0 Å². The molecule has 1 unspecified atom stereocenters. The molecule has 1 fully saturated rings. The monoisotopic (exact) mass is 465 g/mol. The maximum Gasteiger partial charge on any atom is 0.255 e. The van der Waals surface area contributed by atoms with Crippen molar-refractivity contribution in [3.63, 3.8) is 0 Å². The third kappa shape index (κ3) is 5.85. The highest BCUT2D eigenvalue weighted by molar-refractivity contribution is 5.81. The van der Waals surface area contributed by atoms with Crippen LogP contribution in [0.1, 0.15) is 12.5 Å². The molecule has 0 bridgehead atoms. The van der Waals surface area contributed by atoms with Crippen LogP contribution in [0.5, 0.6) is 11.5 Å². The number of nitrogens with zero attached hydrogens (tertiary/aromatic N) is 3. The van der Waals surface area contributed by atoms with Crippen molar-refractivity contribution in [2.24, 2.45) is 0 Å². The van der Waals surface area contributed by atoms with Crippen LogP contribution in [0.25, 0.3) is 10.9 Å². The van der Waals surface area contributed by atoms with Crippen LogP contribution in [0.2, 0.25) is 0 Å². The molecule has 1 aliphatic rings. The molecule has 0 aliphatic carbocycles. The van der Waals surface area contributed by atoms with E-state index < -0.39 is 0 Å². The second-order valence-electron chi connectivity index (χ2n) is 8.78. The first-order valence-electron chi connectivity index (χ1n) is 12.0. The molecule has 4 rings (SSSR count). The Bertz CT molecular complexity index is 1130. The highest BCUT2D eigenvalue weighted by Crippen LogP contribution is 2.26. The van der Waals surface area contributed by atoms with E-state index in [9.17, 15) is 4.79 Å². The summed E-state index contributed by atoms with van der Waals surface area (Å²) in [6.45, 7) is 7.66. The Morgan fingerprint density at radius 1 is 1.03 bits per heavy atom. The van der Waals surface area contributed by atoms with Gasteiger partial charge in [0.25, 0.3) is 5.56 Å². The van der Waals surface area contributed by atoms with Crippen LogP contribution in [0.15, 0.2) is 59.4 Å². The standard InChI is InChI=1S/C27H35N3O4/c1-4-33-15-14-30-26-17-25(34-24-8-6-5-7-9-24)11-10-21(26)16-22(27(30)31)18-29-13-12-28(2)23(19-29)20-32-3/h5-11,16-17,23H,4,12-15,18-20H2,1-3H3. The highest BCUT2D eigenvalue weighted by Gasteiger charge is 2.25. The molecule has 1 saturated heterocycles. The summed E-state index contributed by atoms with van der Waals surface area (Å²) in [7, 11) is 3.87. The van der Waals surface area contributed by atoms with Crippen molar-refractivity contribution in [3.8, 4) is 11.5 Å². The number of aromatic nitrogens is 1. The molecule has 1 aliphatic heterocycles. The molecule has 1 aromatic heterocycles. The zero-order chi connectivity index (χ0) is 23.9. The van der Waals surface area contributed by atoms with Crippen LogP contribution in [-0.2, 0) is 22.6 Å². The molecule has 182 valence electrons. The van der Waals surface area contributed by atoms with Crippen molar-refractivity contribution in [1.29, 1.82) is 0 Å². The summed E-state index contributed by atoms with van der Waals surface area (Å²) >= 11 is 0. The molecule has 0 N–H and O–H groups in total. The van der Waals surface area contributed by atoms with E-state index in [0.29, 0.717) is 44.7 Å². The van der Waals surface area contributed by atoms with Crippen molar-refractivity contribution < 1.29 is 14.2 Å². The number of benzene rings is 2. The van der Waals surface area contributed by atoms with Gasteiger partial charge in [0.1, 0.15) is 11.5 Å². The molecule has 3 aromatic rings. The summed E-state index contributed by atoms with van der Waals surface area (Å²) in [5.41, 5.74) is 1.70. The molecule has 0 amide bonds. The Morgan fingerprint density at radius 2 is 1.85 bits per heavy atom. The zero-order valence-corrected chi connectivity index (χ0v) is 20.4. The zero-order valence-electron chi connectivity index (χ0n) is 20.4. The molecule has 7 heteroatoms. The smallest absolute Gasteiger partial charge is 0.255 e. The van der Waals surface area contributed by atoms with E-state index in [1.165, 1.54) is 0 Å². The fourth-order valence-electron chi connectivity index (χ4n) is 4.50. The van der Waals surface area contributed by atoms with Gasteiger partial charge in [0.05, 0.1) is 18.7 Å². The summed E-state index contributed by atoms with van der Waals surface area (Å²) < 4.78 is 18.9.